The zero-order chi connectivity index (χ0) is 16.2. The average molecular weight is 330 g/mol. The van der Waals surface area contributed by atoms with Crippen LogP contribution in [0.5, 0.6) is 0 Å². The number of ether oxygens (including phenoxy) is 1. The van der Waals surface area contributed by atoms with Crippen LogP contribution in [-0.2, 0) is 4.74 Å². The first-order chi connectivity index (χ1) is 11.1. The Morgan fingerprint density at radius 3 is 2.65 bits per heavy atom. The number of thiophene rings is 1. The maximum Gasteiger partial charge on any atom is 0.265 e. The molecule has 1 aliphatic heterocycles. The van der Waals surface area contributed by atoms with Gasteiger partial charge in [0, 0.05) is 24.3 Å². The van der Waals surface area contributed by atoms with Gasteiger partial charge in [0.2, 0.25) is 0 Å². The van der Waals surface area contributed by atoms with Crippen LogP contribution in [0.2, 0.25) is 0 Å². The second-order valence-corrected chi connectivity index (χ2v) is 6.26. The van der Waals surface area contributed by atoms with Gasteiger partial charge in [-0.3, -0.25) is 9.59 Å². The van der Waals surface area contributed by atoms with Gasteiger partial charge < -0.3 is 15.0 Å². The number of carbonyl (C=O) groups is 2. The molecule has 1 amide bonds. The molecule has 5 nitrogen and oxygen atoms in total. The molecule has 2 heterocycles. The average Bonchev–Trinajstić information content (AvgIpc) is 3.10. The molecule has 23 heavy (non-hydrogen) atoms. The van der Waals surface area contributed by atoms with Gasteiger partial charge in [-0.2, -0.15) is 0 Å². The van der Waals surface area contributed by atoms with Crippen molar-refractivity contribution < 1.29 is 14.3 Å². The molecule has 0 atom stereocenters. The first kappa shape index (κ1) is 15.7. The molecule has 1 saturated heterocycles. The van der Waals surface area contributed by atoms with Crippen molar-refractivity contribution in [3.63, 3.8) is 0 Å². The van der Waals surface area contributed by atoms with E-state index in [4.69, 9.17) is 4.74 Å². The number of hydrogen-bond acceptors (Lipinski definition) is 5. The fourth-order valence-electron chi connectivity index (χ4n) is 2.54. The fraction of sp³-hybridized carbons (Fsp3) is 0.294. The monoisotopic (exact) mass is 330 g/mol. The highest BCUT2D eigenvalue weighted by Crippen LogP contribution is 2.25. The van der Waals surface area contributed by atoms with E-state index in [-0.39, 0.29) is 11.7 Å². The summed E-state index contributed by atoms with van der Waals surface area (Å²) < 4.78 is 5.35. The summed E-state index contributed by atoms with van der Waals surface area (Å²) in [5.41, 5.74) is 2.06. The third-order valence-corrected chi connectivity index (χ3v) is 4.62. The van der Waals surface area contributed by atoms with Crippen molar-refractivity contribution in [3.8, 4) is 0 Å². The van der Waals surface area contributed by atoms with Crippen LogP contribution in [0, 0.1) is 0 Å². The highest BCUT2D eigenvalue weighted by molar-refractivity contribution is 7.12. The van der Waals surface area contributed by atoms with Gasteiger partial charge in [0.05, 0.1) is 23.8 Å². The number of ketones is 1. The third-order valence-electron chi connectivity index (χ3n) is 3.75. The zero-order valence-corrected chi connectivity index (χ0v) is 13.7. The minimum absolute atomic E-state index is 0.0680. The molecule has 1 N–H and O–H groups in total. The van der Waals surface area contributed by atoms with Crippen molar-refractivity contribution >= 4 is 34.4 Å². The van der Waals surface area contributed by atoms with E-state index in [9.17, 15) is 9.59 Å². The highest BCUT2D eigenvalue weighted by atomic mass is 32.1. The molecule has 3 rings (SSSR count). The van der Waals surface area contributed by atoms with Crippen LogP contribution in [-0.4, -0.2) is 38.0 Å². The summed E-state index contributed by atoms with van der Waals surface area (Å²) in [7, 11) is 0. The Morgan fingerprint density at radius 2 is 2.00 bits per heavy atom. The molecule has 0 unspecified atom stereocenters. The van der Waals surface area contributed by atoms with E-state index in [1.807, 2.05) is 23.6 Å². The molecular formula is C17H18N2O3S. The molecule has 1 aromatic heterocycles. The Hall–Kier alpha value is -2.18. The topological polar surface area (TPSA) is 58.6 Å². The zero-order valence-electron chi connectivity index (χ0n) is 12.9. The van der Waals surface area contributed by atoms with Gasteiger partial charge in [-0.1, -0.05) is 6.07 Å². The smallest absolute Gasteiger partial charge is 0.265 e. The fourth-order valence-corrected chi connectivity index (χ4v) is 3.16. The van der Waals surface area contributed by atoms with Crippen LogP contribution in [0.3, 0.4) is 0 Å². The van der Waals surface area contributed by atoms with Crippen molar-refractivity contribution in [2.75, 3.05) is 36.5 Å². The van der Waals surface area contributed by atoms with Crippen LogP contribution < -0.4 is 10.2 Å². The van der Waals surface area contributed by atoms with Crippen LogP contribution in [0.25, 0.3) is 0 Å². The summed E-state index contributed by atoms with van der Waals surface area (Å²) in [6.07, 6.45) is 0. The summed E-state index contributed by atoms with van der Waals surface area (Å²) in [5, 5.41) is 4.68. The van der Waals surface area contributed by atoms with E-state index >= 15 is 0 Å². The second-order valence-electron chi connectivity index (χ2n) is 5.32. The predicted octanol–water partition coefficient (Wildman–Crippen LogP) is 3.04. The lowest BCUT2D eigenvalue weighted by Crippen LogP contribution is -2.36. The minimum atomic E-state index is -0.193. The lowest BCUT2D eigenvalue weighted by atomic mass is 10.1. The quantitative estimate of drug-likeness (QED) is 0.876. The van der Waals surface area contributed by atoms with E-state index in [0.29, 0.717) is 29.3 Å². The number of amides is 1. The summed E-state index contributed by atoms with van der Waals surface area (Å²) >= 11 is 1.37. The lowest BCUT2D eigenvalue weighted by Gasteiger charge is -2.29. The largest absolute Gasteiger partial charge is 0.378 e. The van der Waals surface area contributed by atoms with E-state index in [1.54, 1.807) is 12.1 Å². The Bertz CT molecular complexity index is 707. The van der Waals surface area contributed by atoms with Crippen LogP contribution in [0.4, 0.5) is 11.4 Å². The Labute approximate surface area is 138 Å². The van der Waals surface area contributed by atoms with Gasteiger partial charge in [-0.25, -0.2) is 0 Å². The van der Waals surface area contributed by atoms with Crippen LogP contribution >= 0.6 is 11.3 Å². The van der Waals surface area contributed by atoms with Crippen LogP contribution in [0.1, 0.15) is 27.0 Å². The van der Waals surface area contributed by atoms with Crippen molar-refractivity contribution in [3.05, 3.63) is 46.2 Å². The number of rotatable bonds is 4. The molecule has 1 fully saturated rings. The first-order valence-electron chi connectivity index (χ1n) is 7.47. The SMILES string of the molecule is CC(=O)c1cc(N2CCOCC2)ccc1NC(=O)c1cccs1. The number of morpholine rings is 1. The highest BCUT2D eigenvalue weighted by Gasteiger charge is 2.16. The number of benzene rings is 1. The van der Waals surface area contributed by atoms with Crippen LogP contribution in [0.15, 0.2) is 35.7 Å². The van der Waals surface area contributed by atoms with Crippen molar-refractivity contribution in [1.29, 1.82) is 0 Å². The molecule has 1 aliphatic rings. The molecule has 2 aromatic rings. The van der Waals surface area contributed by atoms with E-state index in [2.05, 4.69) is 10.2 Å². The van der Waals surface area contributed by atoms with Gasteiger partial charge in [-0.15, -0.1) is 11.3 Å². The molecule has 1 aromatic carbocycles. The van der Waals surface area contributed by atoms with Crippen molar-refractivity contribution in [1.82, 2.24) is 0 Å². The molecule has 0 spiro atoms. The predicted molar refractivity (Wildman–Crippen MR) is 91.8 cm³/mol. The van der Waals surface area contributed by atoms with Gasteiger partial charge in [-0.05, 0) is 36.6 Å². The Morgan fingerprint density at radius 1 is 1.22 bits per heavy atom. The van der Waals surface area contributed by atoms with Crippen molar-refractivity contribution in [2.45, 2.75) is 6.92 Å². The number of hydrogen-bond donors (Lipinski definition) is 1. The Kier molecular flexibility index (Phi) is 4.73. The maximum absolute atomic E-state index is 12.2. The standard InChI is InChI=1S/C17H18N2O3S/c1-12(20)14-11-13(19-6-8-22-9-7-19)4-5-15(14)18-17(21)16-3-2-10-23-16/h2-5,10-11H,6-9H2,1H3,(H,18,21). The molecule has 6 heteroatoms. The lowest BCUT2D eigenvalue weighted by molar-refractivity contribution is 0.101. The normalized spacial score (nSPS) is 14.6. The summed E-state index contributed by atoms with van der Waals surface area (Å²) in [4.78, 5) is 27.0. The summed E-state index contributed by atoms with van der Waals surface area (Å²) in [6, 6.07) is 9.16. The number of nitrogens with zero attached hydrogens (tertiary/aromatic N) is 1. The van der Waals surface area contributed by atoms with Gasteiger partial charge in [0.15, 0.2) is 5.78 Å². The molecular weight excluding hydrogens is 312 g/mol. The minimum Gasteiger partial charge on any atom is -0.378 e. The molecule has 120 valence electrons. The summed E-state index contributed by atoms with van der Waals surface area (Å²) in [6.45, 7) is 4.49. The number of anilines is 2. The number of carbonyl (C=O) groups excluding carboxylic acids is 2. The number of Topliss-reactive ketones (excluding diaryl/α,β-unsaturated/α-hetero) is 1. The molecule has 0 radical (unpaired) electrons. The van der Waals surface area contributed by atoms with Gasteiger partial charge in [0.25, 0.3) is 5.91 Å². The molecule has 0 saturated carbocycles. The van der Waals surface area contributed by atoms with Gasteiger partial charge >= 0.3 is 0 Å². The van der Waals surface area contributed by atoms with Gasteiger partial charge in [0.1, 0.15) is 0 Å². The maximum atomic E-state index is 12.2. The third kappa shape index (κ3) is 3.60. The first-order valence-corrected chi connectivity index (χ1v) is 8.35. The second kappa shape index (κ2) is 6.93. The van der Waals surface area contributed by atoms with E-state index < -0.39 is 0 Å². The van der Waals surface area contributed by atoms with E-state index in [1.165, 1.54) is 18.3 Å². The van der Waals surface area contributed by atoms with Crippen molar-refractivity contribution in [2.24, 2.45) is 0 Å². The Balaban J connectivity index is 1.85. The molecule has 0 bridgehead atoms. The molecule has 0 aliphatic carbocycles. The van der Waals surface area contributed by atoms with E-state index in [0.717, 1.165) is 18.8 Å². The number of nitrogens with one attached hydrogen (secondary N) is 1. The summed E-state index contributed by atoms with van der Waals surface area (Å²) in [5.74, 6) is -0.261.